The minimum Gasteiger partial charge on any atom is -0.480 e. The first-order chi connectivity index (χ1) is 10.2. The third-order valence-electron chi connectivity index (χ3n) is 3.42. The highest BCUT2D eigenvalue weighted by atomic mass is 16.4. The quantitative estimate of drug-likeness (QED) is 0.830. The molecule has 0 heterocycles. The summed E-state index contributed by atoms with van der Waals surface area (Å²) in [5.41, 5.74) is 2.30. The molecular formula is C16H22N2O4. The van der Waals surface area contributed by atoms with Crippen LogP contribution in [-0.2, 0) is 9.59 Å². The molecular weight excluding hydrogens is 284 g/mol. The van der Waals surface area contributed by atoms with E-state index in [1.807, 2.05) is 26.0 Å². The molecule has 0 aromatic heterocycles. The van der Waals surface area contributed by atoms with E-state index >= 15 is 0 Å². The lowest BCUT2D eigenvalue weighted by Crippen LogP contribution is -2.46. The molecule has 0 bridgehead atoms. The summed E-state index contributed by atoms with van der Waals surface area (Å²) in [6.07, 6.45) is 0. The lowest BCUT2D eigenvalue weighted by atomic mass is 10.0. The molecule has 0 aliphatic heterocycles. The van der Waals surface area contributed by atoms with Gasteiger partial charge in [-0.2, -0.15) is 0 Å². The molecule has 0 spiro atoms. The third-order valence-corrected chi connectivity index (χ3v) is 3.42. The predicted octanol–water partition coefficient (Wildman–Crippen LogP) is 1.35. The van der Waals surface area contributed by atoms with Crippen LogP contribution in [0, 0.1) is 13.8 Å². The molecule has 120 valence electrons. The fourth-order valence-corrected chi connectivity index (χ4v) is 2.17. The van der Waals surface area contributed by atoms with Crippen LogP contribution in [0.3, 0.4) is 0 Å². The van der Waals surface area contributed by atoms with E-state index in [9.17, 15) is 19.5 Å². The van der Waals surface area contributed by atoms with Crippen molar-refractivity contribution in [1.82, 2.24) is 10.2 Å². The zero-order chi connectivity index (χ0) is 16.9. The number of carbonyl (C=O) groups excluding carboxylic acids is 2. The maximum absolute atomic E-state index is 12.6. The van der Waals surface area contributed by atoms with Crippen molar-refractivity contribution < 1.29 is 19.5 Å². The van der Waals surface area contributed by atoms with E-state index in [0.717, 1.165) is 11.1 Å². The summed E-state index contributed by atoms with van der Waals surface area (Å²) >= 11 is 0. The Hall–Kier alpha value is -2.37. The average molecular weight is 306 g/mol. The first-order valence-electron chi connectivity index (χ1n) is 7.09. The summed E-state index contributed by atoms with van der Waals surface area (Å²) in [4.78, 5) is 36.1. The molecule has 22 heavy (non-hydrogen) atoms. The molecule has 0 aliphatic carbocycles. The van der Waals surface area contributed by atoms with Gasteiger partial charge in [-0.05, 0) is 32.4 Å². The number of carboxylic acids is 1. The number of nitrogens with zero attached hydrogens (tertiary/aromatic N) is 1. The Morgan fingerprint density at radius 1 is 1.27 bits per heavy atom. The van der Waals surface area contributed by atoms with E-state index in [4.69, 9.17) is 0 Å². The van der Waals surface area contributed by atoms with Crippen molar-refractivity contribution in [3.05, 3.63) is 34.9 Å². The molecule has 0 fully saturated rings. The molecule has 2 N–H and O–H groups in total. The van der Waals surface area contributed by atoms with Gasteiger partial charge in [-0.1, -0.05) is 17.7 Å². The molecule has 0 saturated heterocycles. The molecule has 6 nitrogen and oxygen atoms in total. The summed E-state index contributed by atoms with van der Waals surface area (Å²) in [6, 6.07) is 4.43. The van der Waals surface area contributed by atoms with Gasteiger partial charge in [0, 0.05) is 25.6 Å². The van der Waals surface area contributed by atoms with Crippen molar-refractivity contribution in [2.45, 2.75) is 33.7 Å². The number of nitrogens with one attached hydrogen (secondary N) is 1. The van der Waals surface area contributed by atoms with Crippen molar-refractivity contribution in [2.24, 2.45) is 0 Å². The number of rotatable bonds is 6. The van der Waals surface area contributed by atoms with Crippen LogP contribution in [0.15, 0.2) is 18.2 Å². The highest BCUT2D eigenvalue weighted by molar-refractivity contribution is 5.97. The maximum Gasteiger partial charge on any atom is 0.326 e. The Kier molecular flexibility index (Phi) is 6.10. The van der Waals surface area contributed by atoms with Gasteiger partial charge in [0.2, 0.25) is 5.91 Å². The smallest absolute Gasteiger partial charge is 0.326 e. The number of hydrogen-bond donors (Lipinski definition) is 2. The van der Waals surface area contributed by atoms with Gasteiger partial charge in [-0.25, -0.2) is 4.79 Å². The normalized spacial score (nSPS) is 11.6. The number of amides is 2. The number of hydrogen-bond acceptors (Lipinski definition) is 3. The average Bonchev–Trinajstić information content (AvgIpc) is 2.42. The standard InChI is InChI=1S/C16H22N2O4/c1-10-5-6-14(11(2)9-10)15(20)18(12(3)16(21)22)8-7-17-13(4)19/h5-6,9,12H,7-8H2,1-4H3,(H,17,19)(H,21,22). The minimum atomic E-state index is -1.08. The van der Waals surface area contributed by atoms with Crippen LogP contribution in [0.25, 0.3) is 0 Å². The SMILES string of the molecule is CC(=O)NCCN(C(=O)c1ccc(C)cc1C)C(C)C(=O)O. The van der Waals surface area contributed by atoms with Crippen molar-refractivity contribution in [2.75, 3.05) is 13.1 Å². The van der Waals surface area contributed by atoms with E-state index in [-0.39, 0.29) is 24.9 Å². The Labute approximate surface area is 130 Å². The molecule has 1 aromatic rings. The van der Waals surface area contributed by atoms with Gasteiger partial charge >= 0.3 is 5.97 Å². The second kappa shape index (κ2) is 7.59. The van der Waals surface area contributed by atoms with Crippen LogP contribution in [0.4, 0.5) is 0 Å². The van der Waals surface area contributed by atoms with E-state index in [1.165, 1.54) is 18.7 Å². The van der Waals surface area contributed by atoms with E-state index in [0.29, 0.717) is 5.56 Å². The molecule has 0 radical (unpaired) electrons. The fraction of sp³-hybridized carbons (Fsp3) is 0.438. The molecule has 6 heteroatoms. The Balaban J connectivity index is 3.00. The van der Waals surface area contributed by atoms with Gasteiger partial charge in [0.05, 0.1) is 0 Å². The van der Waals surface area contributed by atoms with Crippen LogP contribution < -0.4 is 5.32 Å². The van der Waals surface area contributed by atoms with Gasteiger partial charge in [0.1, 0.15) is 6.04 Å². The Morgan fingerprint density at radius 3 is 2.41 bits per heavy atom. The van der Waals surface area contributed by atoms with Crippen molar-refractivity contribution in [1.29, 1.82) is 0 Å². The number of carbonyl (C=O) groups is 3. The van der Waals surface area contributed by atoms with Crippen LogP contribution in [-0.4, -0.2) is 46.9 Å². The third kappa shape index (κ3) is 4.58. The lowest BCUT2D eigenvalue weighted by Gasteiger charge is -2.27. The summed E-state index contributed by atoms with van der Waals surface area (Å²) in [5.74, 6) is -1.65. The van der Waals surface area contributed by atoms with Gasteiger partial charge in [-0.15, -0.1) is 0 Å². The summed E-state index contributed by atoms with van der Waals surface area (Å²) in [5, 5.41) is 11.8. The predicted molar refractivity (Wildman–Crippen MR) is 82.7 cm³/mol. The van der Waals surface area contributed by atoms with E-state index in [2.05, 4.69) is 5.32 Å². The monoisotopic (exact) mass is 306 g/mol. The largest absolute Gasteiger partial charge is 0.480 e. The Bertz CT molecular complexity index is 584. The fourth-order valence-electron chi connectivity index (χ4n) is 2.17. The molecule has 1 atom stereocenters. The van der Waals surface area contributed by atoms with Gasteiger partial charge in [0.25, 0.3) is 5.91 Å². The highest BCUT2D eigenvalue weighted by Crippen LogP contribution is 2.15. The van der Waals surface area contributed by atoms with Crippen molar-refractivity contribution in [3.8, 4) is 0 Å². The highest BCUT2D eigenvalue weighted by Gasteiger charge is 2.27. The molecule has 0 saturated carbocycles. The van der Waals surface area contributed by atoms with Crippen LogP contribution in [0.5, 0.6) is 0 Å². The first kappa shape index (κ1) is 17.7. The molecule has 1 rings (SSSR count). The van der Waals surface area contributed by atoms with Gasteiger partial charge < -0.3 is 15.3 Å². The number of carboxylic acid groups (broad SMARTS) is 1. The van der Waals surface area contributed by atoms with E-state index < -0.39 is 12.0 Å². The first-order valence-corrected chi connectivity index (χ1v) is 7.09. The van der Waals surface area contributed by atoms with Crippen molar-refractivity contribution in [3.63, 3.8) is 0 Å². The number of aliphatic carboxylic acids is 1. The number of aryl methyl sites for hydroxylation is 2. The van der Waals surface area contributed by atoms with Crippen LogP contribution in [0.2, 0.25) is 0 Å². The molecule has 0 aliphatic rings. The zero-order valence-corrected chi connectivity index (χ0v) is 13.3. The lowest BCUT2D eigenvalue weighted by molar-refractivity contribution is -0.141. The zero-order valence-electron chi connectivity index (χ0n) is 13.3. The molecule has 1 unspecified atom stereocenters. The second-order valence-electron chi connectivity index (χ2n) is 5.31. The van der Waals surface area contributed by atoms with Crippen LogP contribution in [0.1, 0.15) is 35.3 Å². The van der Waals surface area contributed by atoms with Gasteiger partial charge in [0.15, 0.2) is 0 Å². The van der Waals surface area contributed by atoms with Crippen molar-refractivity contribution >= 4 is 17.8 Å². The molecule has 2 amide bonds. The molecule has 1 aromatic carbocycles. The van der Waals surface area contributed by atoms with Crippen LogP contribution >= 0.6 is 0 Å². The second-order valence-corrected chi connectivity index (χ2v) is 5.31. The van der Waals surface area contributed by atoms with Gasteiger partial charge in [-0.3, -0.25) is 9.59 Å². The maximum atomic E-state index is 12.6. The number of benzene rings is 1. The minimum absolute atomic E-state index is 0.138. The summed E-state index contributed by atoms with van der Waals surface area (Å²) < 4.78 is 0. The topological polar surface area (TPSA) is 86.7 Å². The summed E-state index contributed by atoms with van der Waals surface area (Å²) in [6.45, 7) is 6.92. The Morgan fingerprint density at radius 2 is 1.91 bits per heavy atom. The summed E-state index contributed by atoms with van der Waals surface area (Å²) in [7, 11) is 0. The van der Waals surface area contributed by atoms with E-state index in [1.54, 1.807) is 6.07 Å².